The van der Waals surface area contributed by atoms with E-state index < -0.39 is 17.6 Å². The number of benzene rings is 1. The molecule has 0 aromatic heterocycles. The van der Waals surface area contributed by atoms with Crippen LogP contribution in [0.15, 0.2) is 24.3 Å². The van der Waals surface area contributed by atoms with Gasteiger partial charge in [-0.2, -0.15) is 0 Å². The molecule has 4 amide bonds. The van der Waals surface area contributed by atoms with Crippen LogP contribution in [0.4, 0.5) is 10.5 Å². The summed E-state index contributed by atoms with van der Waals surface area (Å²) in [7, 11) is 0. The van der Waals surface area contributed by atoms with Crippen LogP contribution in [0.2, 0.25) is 5.02 Å². The molecular weight excluding hydrogens is 368 g/mol. The van der Waals surface area contributed by atoms with Gasteiger partial charge in [-0.05, 0) is 49.9 Å². The number of hydrogen-bond donors (Lipinski definition) is 3. The summed E-state index contributed by atoms with van der Waals surface area (Å²) in [6, 6.07) is 5.20. The Kier molecular flexibility index (Phi) is 6.84. The Labute approximate surface area is 164 Å². The van der Waals surface area contributed by atoms with Gasteiger partial charge in [0.15, 0.2) is 0 Å². The van der Waals surface area contributed by atoms with Crippen LogP contribution in [0, 0.1) is 5.92 Å². The average molecular weight is 395 g/mol. The maximum absolute atomic E-state index is 12.6. The van der Waals surface area contributed by atoms with Gasteiger partial charge >= 0.3 is 6.03 Å². The van der Waals surface area contributed by atoms with E-state index in [-0.39, 0.29) is 24.7 Å². The minimum atomic E-state index is -0.729. The minimum Gasteiger partial charge on any atom is -0.350 e. The number of amides is 4. The fourth-order valence-corrected chi connectivity index (χ4v) is 3.45. The Bertz CT molecular complexity index is 707. The van der Waals surface area contributed by atoms with Gasteiger partial charge in [-0.1, -0.05) is 25.4 Å². The molecule has 0 saturated carbocycles. The van der Waals surface area contributed by atoms with E-state index in [4.69, 9.17) is 17.3 Å². The van der Waals surface area contributed by atoms with Gasteiger partial charge in [-0.25, -0.2) is 9.69 Å². The predicted octanol–water partition coefficient (Wildman–Crippen LogP) is 2.42. The summed E-state index contributed by atoms with van der Waals surface area (Å²) in [5, 5.41) is 6.11. The molecule has 7 nitrogen and oxygen atoms in total. The van der Waals surface area contributed by atoms with E-state index in [2.05, 4.69) is 24.5 Å². The summed E-state index contributed by atoms with van der Waals surface area (Å²) in [6.45, 7) is 6.38. The molecule has 1 fully saturated rings. The first kappa shape index (κ1) is 21.2. The van der Waals surface area contributed by atoms with Crippen molar-refractivity contribution in [3.8, 4) is 0 Å². The molecule has 1 saturated heterocycles. The number of nitrogens with two attached hydrogens (primary N) is 1. The highest BCUT2D eigenvalue weighted by Gasteiger charge is 2.39. The largest absolute Gasteiger partial charge is 0.350 e. The number of urea groups is 1. The van der Waals surface area contributed by atoms with Gasteiger partial charge in [-0.3, -0.25) is 9.59 Å². The summed E-state index contributed by atoms with van der Waals surface area (Å²) in [4.78, 5) is 38.1. The second kappa shape index (κ2) is 8.71. The van der Waals surface area contributed by atoms with Crippen molar-refractivity contribution in [1.82, 2.24) is 10.6 Å². The SMILES string of the molecule is CC(C)CC(C)(CN)NC(=O)CCC1NC(=O)N(c2ccc(Cl)cc2)C1=O. The molecule has 2 rings (SSSR count). The lowest BCUT2D eigenvalue weighted by molar-refractivity contribution is -0.123. The van der Waals surface area contributed by atoms with E-state index >= 15 is 0 Å². The van der Waals surface area contributed by atoms with E-state index in [1.54, 1.807) is 24.3 Å². The lowest BCUT2D eigenvalue weighted by Crippen LogP contribution is -2.52. The van der Waals surface area contributed by atoms with Crippen LogP contribution in [-0.4, -0.2) is 36.0 Å². The zero-order valence-corrected chi connectivity index (χ0v) is 16.7. The molecule has 0 aliphatic carbocycles. The second-order valence-corrected chi connectivity index (χ2v) is 8.04. The fourth-order valence-electron chi connectivity index (χ4n) is 3.32. The van der Waals surface area contributed by atoms with E-state index in [0.29, 0.717) is 23.2 Å². The summed E-state index contributed by atoms with van der Waals surface area (Å²) < 4.78 is 0. The highest BCUT2D eigenvalue weighted by Crippen LogP contribution is 2.23. The van der Waals surface area contributed by atoms with Crippen LogP contribution in [0.3, 0.4) is 0 Å². The third-order valence-corrected chi connectivity index (χ3v) is 4.77. The lowest BCUT2D eigenvalue weighted by Gasteiger charge is -2.31. The van der Waals surface area contributed by atoms with E-state index in [1.165, 1.54) is 0 Å². The smallest absolute Gasteiger partial charge is 0.329 e. The quantitative estimate of drug-likeness (QED) is 0.589. The molecule has 4 N–H and O–H groups in total. The minimum absolute atomic E-state index is 0.124. The number of rotatable bonds is 8. The Morgan fingerprint density at radius 1 is 1.33 bits per heavy atom. The molecule has 0 spiro atoms. The highest BCUT2D eigenvalue weighted by molar-refractivity contribution is 6.30. The van der Waals surface area contributed by atoms with Crippen LogP contribution >= 0.6 is 11.6 Å². The van der Waals surface area contributed by atoms with Crippen molar-refractivity contribution in [2.45, 2.75) is 51.6 Å². The number of halogens is 1. The van der Waals surface area contributed by atoms with Crippen molar-refractivity contribution >= 4 is 35.1 Å². The molecule has 1 aromatic carbocycles. The maximum Gasteiger partial charge on any atom is 0.329 e. The standard InChI is InChI=1S/C19H27ClN4O3/c1-12(2)10-19(3,11-21)23-16(25)9-8-15-17(26)24(18(27)22-15)14-6-4-13(20)5-7-14/h4-7,12,15H,8-11,21H2,1-3H3,(H,22,27)(H,23,25). The van der Waals surface area contributed by atoms with Gasteiger partial charge in [0, 0.05) is 23.5 Å². The molecule has 1 heterocycles. The van der Waals surface area contributed by atoms with Gasteiger partial charge in [0.2, 0.25) is 5.91 Å². The van der Waals surface area contributed by atoms with E-state index in [0.717, 1.165) is 11.3 Å². The van der Waals surface area contributed by atoms with Crippen LogP contribution in [0.5, 0.6) is 0 Å². The molecular formula is C19H27ClN4O3. The van der Waals surface area contributed by atoms with Crippen molar-refractivity contribution in [3.05, 3.63) is 29.3 Å². The maximum atomic E-state index is 12.6. The number of nitrogens with zero attached hydrogens (tertiary/aromatic N) is 1. The zero-order chi connectivity index (χ0) is 20.2. The summed E-state index contributed by atoms with van der Waals surface area (Å²) in [5.41, 5.74) is 5.78. The molecule has 1 aliphatic rings. The Morgan fingerprint density at radius 2 is 1.96 bits per heavy atom. The Balaban J connectivity index is 1.94. The zero-order valence-electron chi connectivity index (χ0n) is 15.9. The molecule has 1 aliphatic heterocycles. The Hall–Kier alpha value is -2.12. The van der Waals surface area contributed by atoms with Crippen LogP contribution in [0.1, 0.15) is 40.0 Å². The van der Waals surface area contributed by atoms with Crippen molar-refractivity contribution < 1.29 is 14.4 Å². The summed E-state index contributed by atoms with van der Waals surface area (Å²) >= 11 is 5.84. The molecule has 1 aromatic rings. The third-order valence-electron chi connectivity index (χ3n) is 4.51. The topological polar surface area (TPSA) is 105 Å². The van der Waals surface area contributed by atoms with Crippen LogP contribution in [-0.2, 0) is 9.59 Å². The molecule has 148 valence electrons. The molecule has 2 unspecified atom stereocenters. The second-order valence-electron chi connectivity index (χ2n) is 7.60. The van der Waals surface area contributed by atoms with Crippen molar-refractivity contribution in [2.75, 3.05) is 11.4 Å². The predicted molar refractivity (Wildman–Crippen MR) is 106 cm³/mol. The number of carbonyl (C=O) groups is 3. The number of hydrogen-bond acceptors (Lipinski definition) is 4. The van der Waals surface area contributed by atoms with E-state index in [9.17, 15) is 14.4 Å². The lowest BCUT2D eigenvalue weighted by atomic mass is 9.90. The molecule has 2 atom stereocenters. The summed E-state index contributed by atoms with van der Waals surface area (Å²) in [5.74, 6) is -0.169. The van der Waals surface area contributed by atoms with Gasteiger partial charge in [0.05, 0.1) is 5.69 Å². The first-order valence-corrected chi connectivity index (χ1v) is 9.44. The van der Waals surface area contributed by atoms with Crippen LogP contribution in [0.25, 0.3) is 0 Å². The normalized spacial score (nSPS) is 19.2. The summed E-state index contributed by atoms with van der Waals surface area (Å²) in [6.07, 6.45) is 1.11. The van der Waals surface area contributed by atoms with Crippen molar-refractivity contribution in [1.29, 1.82) is 0 Å². The van der Waals surface area contributed by atoms with Gasteiger partial charge < -0.3 is 16.4 Å². The van der Waals surface area contributed by atoms with Crippen molar-refractivity contribution in [2.24, 2.45) is 11.7 Å². The van der Waals surface area contributed by atoms with Crippen LogP contribution < -0.4 is 21.3 Å². The molecule has 27 heavy (non-hydrogen) atoms. The number of nitrogens with one attached hydrogen (secondary N) is 2. The Morgan fingerprint density at radius 3 is 2.52 bits per heavy atom. The van der Waals surface area contributed by atoms with Crippen molar-refractivity contribution in [3.63, 3.8) is 0 Å². The monoisotopic (exact) mass is 394 g/mol. The number of imide groups is 1. The van der Waals surface area contributed by atoms with Gasteiger partial charge in [0.1, 0.15) is 6.04 Å². The van der Waals surface area contributed by atoms with Gasteiger partial charge in [0.25, 0.3) is 5.91 Å². The first-order valence-electron chi connectivity index (χ1n) is 9.06. The number of carbonyl (C=O) groups excluding carboxylic acids is 3. The fraction of sp³-hybridized carbons (Fsp3) is 0.526. The molecule has 0 radical (unpaired) electrons. The molecule has 8 heteroatoms. The number of anilines is 1. The first-order chi connectivity index (χ1) is 12.6. The van der Waals surface area contributed by atoms with Gasteiger partial charge in [-0.15, -0.1) is 0 Å². The average Bonchev–Trinajstić information content (AvgIpc) is 2.87. The molecule has 0 bridgehead atoms. The highest BCUT2D eigenvalue weighted by atomic mass is 35.5. The third kappa shape index (κ3) is 5.43. The van der Waals surface area contributed by atoms with E-state index in [1.807, 2.05) is 6.92 Å².